The molecule has 0 fully saturated rings. The van der Waals surface area contributed by atoms with Crippen LogP contribution in [0.25, 0.3) is 40.9 Å². The first-order valence-corrected chi connectivity index (χ1v) is 13.6. The summed E-state index contributed by atoms with van der Waals surface area (Å²) in [6, 6.07) is 27.9. The normalized spacial score (nSPS) is 11.5. The van der Waals surface area contributed by atoms with Crippen molar-refractivity contribution in [2.24, 2.45) is 0 Å². The van der Waals surface area contributed by atoms with E-state index >= 15 is 0 Å². The summed E-state index contributed by atoms with van der Waals surface area (Å²) in [6.07, 6.45) is 11.2. The van der Waals surface area contributed by atoms with E-state index in [2.05, 4.69) is 9.97 Å². The summed E-state index contributed by atoms with van der Waals surface area (Å²) in [4.78, 5) is 18.9. The van der Waals surface area contributed by atoms with E-state index in [1.807, 2.05) is 97.2 Å². The molecule has 0 aliphatic carbocycles. The van der Waals surface area contributed by atoms with Gasteiger partial charge in [0.05, 0.1) is 29.1 Å². The number of aromatic nitrogens is 4. The molecule has 3 aromatic carbocycles. The van der Waals surface area contributed by atoms with Crippen LogP contribution in [-0.2, 0) is 6.61 Å². The third-order valence-corrected chi connectivity index (χ3v) is 6.84. The van der Waals surface area contributed by atoms with Gasteiger partial charge in [0.1, 0.15) is 23.8 Å². The summed E-state index contributed by atoms with van der Waals surface area (Å²) in [7, 11) is 1.60. The second-order valence-electron chi connectivity index (χ2n) is 9.66. The van der Waals surface area contributed by atoms with Crippen molar-refractivity contribution in [3.8, 4) is 17.2 Å². The van der Waals surface area contributed by atoms with Crippen LogP contribution in [0.3, 0.4) is 0 Å². The lowest BCUT2D eigenvalue weighted by Crippen LogP contribution is -2.03. The number of methoxy groups -OCH3 is 1. The van der Waals surface area contributed by atoms with E-state index in [0.717, 1.165) is 27.7 Å². The lowest BCUT2D eigenvalue weighted by molar-refractivity contribution is -0.384. The molecule has 9 heteroatoms. The molecule has 43 heavy (non-hydrogen) atoms. The lowest BCUT2D eigenvalue weighted by atomic mass is 10.1. The smallest absolute Gasteiger partial charge is 0.294 e. The molecule has 0 amide bonds. The van der Waals surface area contributed by atoms with Crippen molar-refractivity contribution < 1.29 is 14.4 Å². The summed E-state index contributed by atoms with van der Waals surface area (Å²) in [5.74, 6) is 1.29. The number of benzene rings is 3. The fraction of sp³-hybridized carbons (Fsp3) is 0.0588. The summed E-state index contributed by atoms with van der Waals surface area (Å²) in [5, 5.41) is 17.7. The zero-order chi connectivity index (χ0) is 29.6. The Hall–Kier alpha value is -5.96. The number of H-pyrrole nitrogens is 1. The number of nitrogens with one attached hydrogen (secondary N) is 1. The molecule has 212 valence electrons. The molecule has 0 saturated heterocycles. The third-order valence-electron chi connectivity index (χ3n) is 6.84. The van der Waals surface area contributed by atoms with Crippen LogP contribution in [0.2, 0.25) is 0 Å². The fourth-order valence-corrected chi connectivity index (χ4v) is 4.69. The highest BCUT2D eigenvalue weighted by Crippen LogP contribution is 2.29. The van der Waals surface area contributed by atoms with Crippen LogP contribution >= 0.6 is 0 Å². The SMILES string of the molecule is COc1cc(OCc2ccccn2)ccc1/C=C/c1cc(/C=C/c2ccc3cc[nH]c3c2)n(-c2ccccc2[N+](=O)[O-])n1. The van der Waals surface area contributed by atoms with Crippen LogP contribution in [-0.4, -0.2) is 31.8 Å². The number of nitrogens with zero attached hydrogens (tertiary/aromatic N) is 4. The maximum atomic E-state index is 11.8. The molecular formula is C34H27N5O4. The van der Waals surface area contributed by atoms with Gasteiger partial charge in [-0.2, -0.15) is 5.10 Å². The molecule has 0 atom stereocenters. The number of aromatic amines is 1. The first kappa shape index (κ1) is 27.2. The van der Waals surface area contributed by atoms with Gasteiger partial charge in [0, 0.05) is 35.6 Å². The van der Waals surface area contributed by atoms with E-state index in [9.17, 15) is 10.1 Å². The van der Waals surface area contributed by atoms with Gasteiger partial charge in [-0.05, 0) is 77.7 Å². The van der Waals surface area contributed by atoms with Gasteiger partial charge < -0.3 is 14.5 Å². The Bertz CT molecular complexity index is 1960. The molecule has 0 aliphatic rings. The average Bonchev–Trinajstić information content (AvgIpc) is 3.69. The van der Waals surface area contributed by atoms with Crippen molar-refractivity contribution in [2.75, 3.05) is 7.11 Å². The molecule has 9 nitrogen and oxygen atoms in total. The topological polar surface area (TPSA) is 108 Å². The molecule has 0 bridgehead atoms. The van der Waals surface area contributed by atoms with Gasteiger partial charge in [0.2, 0.25) is 0 Å². The molecule has 0 aliphatic heterocycles. The highest BCUT2D eigenvalue weighted by molar-refractivity contribution is 5.83. The van der Waals surface area contributed by atoms with Gasteiger partial charge in [0.25, 0.3) is 5.69 Å². The van der Waals surface area contributed by atoms with Gasteiger partial charge in [0.15, 0.2) is 0 Å². The zero-order valence-electron chi connectivity index (χ0n) is 23.3. The molecule has 0 spiro atoms. The monoisotopic (exact) mass is 569 g/mol. The highest BCUT2D eigenvalue weighted by Gasteiger charge is 2.17. The minimum absolute atomic E-state index is 0.0356. The number of ether oxygens (including phenoxy) is 2. The summed E-state index contributed by atoms with van der Waals surface area (Å²) in [5.41, 5.74) is 5.31. The van der Waals surface area contributed by atoms with Gasteiger partial charge in [-0.3, -0.25) is 15.1 Å². The standard InChI is InChI=1S/C34H27N5O4/c1-42-34-22-30(43-23-28-6-4-5-18-35-28)16-13-26(34)12-14-27-21-29(15-10-24-9-11-25-17-19-36-31(25)20-24)38(37-27)32-7-2-3-8-33(32)39(40)41/h2-22,36H,23H2,1H3/b14-12+,15-10+. The molecule has 0 saturated carbocycles. The van der Waals surface area contributed by atoms with Crippen LogP contribution < -0.4 is 9.47 Å². The van der Waals surface area contributed by atoms with Crippen LogP contribution in [0.15, 0.2) is 103 Å². The van der Waals surface area contributed by atoms with Gasteiger partial charge in [-0.25, -0.2) is 4.68 Å². The Morgan fingerprint density at radius 2 is 1.81 bits per heavy atom. The predicted molar refractivity (Wildman–Crippen MR) is 168 cm³/mol. The van der Waals surface area contributed by atoms with Crippen molar-refractivity contribution in [3.05, 3.63) is 142 Å². The first-order chi connectivity index (χ1) is 21.1. The van der Waals surface area contributed by atoms with E-state index in [0.29, 0.717) is 35.2 Å². The van der Waals surface area contributed by atoms with Gasteiger partial charge >= 0.3 is 0 Å². The van der Waals surface area contributed by atoms with E-state index in [1.165, 1.54) is 6.07 Å². The Balaban J connectivity index is 1.30. The van der Waals surface area contributed by atoms with Crippen molar-refractivity contribution in [3.63, 3.8) is 0 Å². The number of pyridine rings is 1. The number of nitro groups is 1. The van der Waals surface area contributed by atoms with Gasteiger partial charge in [-0.1, -0.05) is 36.4 Å². The summed E-state index contributed by atoms with van der Waals surface area (Å²) >= 11 is 0. The zero-order valence-corrected chi connectivity index (χ0v) is 23.3. The van der Waals surface area contributed by atoms with Crippen molar-refractivity contribution in [2.45, 2.75) is 6.61 Å². The maximum absolute atomic E-state index is 11.8. The third kappa shape index (κ3) is 6.20. The molecule has 0 unspecified atom stereocenters. The largest absolute Gasteiger partial charge is 0.496 e. The van der Waals surface area contributed by atoms with Crippen LogP contribution in [0.1, 0.15) is 28.2 Å². The minimum Gasteiger partial charge on any atom is -0.496 e. The van der Waals surface area contributed by atoms with Crippen molar-refractivity contribution in [1.82, 2.24) is 19.7 Å². The van der Waals surface area contributed by atoms with E-state index in [-0.39, 0.29) is 5.69 Å². The van der Waals surface area contributed by atoms with Crippen molar-refractivity contribution >= 4 is 40.9 Å². The van der Waals surface area contributed by atoms with Crippen molar-refractivity contribution in [1.29, 1.82) is 0 Å². The molecule has 1 N–H and O–H groups in total. The molecular weight excluding hydrogens is 542 g/mol. The van der Waals surface area contributed by atoms with Crippen LogP contribution in [0, 0.1) is 10.1 Å². The second-order valence-corrected chi connectivity index (χ2v) is 9.66. The Labute approximate surface area is 247 Å². The van der Waals surface area contributed by atoms with E-state index < -0.39 is 4.92 Å². The highest BCUT2D eigenvalue weighted by atomic mass is 16.6. The molecule has 6 rings (SSSR count). The first-order valence-electron chi connectivity index (χ1n) is 13.6. The number of para-hydroxylation sites is 2. The number of hydrogen-bond acceptors (Lipinski definition) is 6. The van der Waals surface area contributed by atoms with Gasteiger partial charge in [-0.15, -0.1) is 0 Å². The average molecular weight is 570 g/mol. The van der Waals surface area contributed by atoms with E-state index in [4.69, 9.17) is 14.6 Å². The van der Waals surface area contributed by atoms with Crippen LogP contribution in [0.4, 0.5) is 5.69 Å². The predicted octanol–water partition coefficient (Wildman–Crippen LogP) is 7.59. The number of rotatable bonds is 10. The molecule has 6 aromatic rings. The Kier molecular flexibility index (Phi) is 7.77. The maximum Gasteiger partial charge on any atom is 0.294 e. The molecule has 3 aromatic heterocycles. The number of fused-ring (bicyclic) bond motifs is 1. The fourth-order valence-electron chi connectivity index (χ4n) is 4.69. The summed E-state index contributed by atoms with van der Waals surface area (Å²) < 4.78 is 13.1. The summed E-state index contributed by atoms with van der Waals surface area (Å²) in [6.45, 7) is 0.345. The second kappa shape index (κ2) is 12.3. The lowest BCUT2D eigenvalue weighted by Gasteiger charge is -2.09. The number of hydrogen-bond donors (Lipinski definition) is 1. The Morgan fingerprint density at radius 1 is 0.930 bits per heavy atom. The Morgan fingerprint density at radius 3 is 2.65 bits per heavy atom. The molecule has 3 heterocycles. The molecule has 0 radical (unpaired) electrons. The minimum atomic E-state index is -0.401. The van der Waals surface area contributed by atoms with Crippen LogP contribution in [0.5, 0.6) is 11.5 Å². The number of nitro benzene ring substituents is 1. The van der Waals surface area contributed by atoms with E-state index in [1.54, 1.807) is 36.2 Å². The quantitative estimate of drug-likeness (QED) is 0.135.